The fourth-order valence-corrected chi connectivity index (χ4v) is 2.73. The van der Waals surface area contributed by atoms with Gasteiger partial charge in [0.1, 0.15) is 12.4 Å². The summed E-state index contributed by atoms with van der Waals surface area (Å²) in [4.78, 5) is 0. The van der Waals surface area contributed by atoms with Gasteiger partial charge >= 0.3 is 0 Å². The molecule has 2 rings (SSSR count). The summed E-state index contributed by atoms with van der Waals surface area (Å²) in [6, 6.07) is 5.70. The molecule has 18 heavy (non-hydrogen) atoms. The summed E-state index contributed by atoms with van der Waals surface area (Å²) < 4.78 is 5.74. The number of ether oxygens (including phenoxy) is 1. The molecule has 0 spiro atoms. The van der Waals surface area contributed by atoms with Crippen LogP contribution in [-0.4, -0.2) is 17.3 Å². The van der Waals surface area contributed by atoms with Crippen LogP contribution in [0, 0.1) is 0 Å². The van der Waals surface area contributed by atoms with Crippen LogP contribution in [-0.2, 0) is 6.42 Å². The highest BCUT2D eigenvalue weighted by Gasteiger charge is 2.29. The molecule has 1 aliphatic rings. The van der Waals surface area contributed by atoms with Gasteiger partial charge in [0, 0.05) is 5.02 Å². The van der Waals surface area contributed by atoms with E-state index in [0.29, 0.717) is 6.61 Å². The van der Waals surface area contributed by atoms with Gasteiger partial charge < -0.3 is 9.84 Å². The minimum atomic E-state index is -0.635. The molecule has 0 aliphatic heterocycles. The van der Waals surface area contributed by atoms with Crippen LogP contribution in [0.5, 0.6) is 5.75 Å². The molecule has 1 fully saturated rings. The molecule has 1 aromatic carbocycles. The van der Waals surface area contributed by atoms with Crippen molar-refractivity contribution in [1.82, 2.24) is 0 Å². The Hall–Kier alpha value is -0.730. The van der Waals surface area contributed by atoms with Crippen LogP contribution in [0.1, 0.15) is 44.6 Å². The van der Waals surface area contributed by atoms with Gasteiger partial charge in [-0.25, -0.2) is 0 Å². The molecule has 3 heteroatoms. The topological polar surface area (TPSA) is 29.5 Å². The maximum atomic E-state index is 10.4. The molecule has 0 amide bonds. The number of hydrogen-bond donors (Lipinski definition) is 1. The summed E-state index contributed by atoms with van der Waals surface area (Å²) in [6.45, 7) is 2.46. The second-order valence-electron chi connectivity index (χ2n) is 5.18. The van der Waals surface area contributed by atoms with Gasteiger partial charge in [-0.05, 0) is 43.0 Å². The molecule has 0 saturated heterocycles. The van der Waals surface area contributed by atoms with Crippen LogP contribution in [0.3, 0.4) is 0 Å². The van der Waals surface area contributed by atoms with E-state index >= 15 is 0 Å². The average Bonchev–Trinajstić information content (AvgIpc) is 2.39. The van der Waals surface area contributed by atoms with Crippen molar-refractivity contribution >= 4 is 11.6 Å². The molecule has 2 nitrogen and oxygen atoms in total. The molecule has 0 unspecified atom stereocenters. The van der Waals surface area contributed by atoms with E-state index in [0.717, 1.165) is 48.4 Å². The van der Waals surface area contributed by atoms with Gasteiger partial charge in [-0.3, -0.25) is 0 Å². The zero-order valence-corrected chi connectivity index (χ0v) is 11.7. The fourth-order valence-electron chi connectivity index (χ4n) is 2.48. The van der Waals surface area contributed by atoms with Crippen LogP contribution in [0.15, 0.2) is 18.2 Å². The lowest BCUT2D eigenvalue weighted by molar-refractivity contribution is -0.0339. The third kappa shape index (κ3) is 3.39. The summed E-state index contributed by atoms with van der Waals surface area (Å²) >= 11 is 6.07. The van der Waals surface area contributed by atoms with Crippen molar-refractivity contribution in [2.24, 2.45) is 0 Å². The Bertz CT molecular complexity index is 397. The first kappa shape index (κ1) is 13.7. The first-order chi connectivity index (χ1) is 8.63. The average molecular weight is 269 g/mol. The molecule has 0 bridgehead atoms. The number of benzene rings is 1. The summed E-state index contributed by atoms with van der Waals surface area (Å²) in [5.74, 6) is 0.801. The monoisotopic (exact) mass is 268 g/mol. The molecule has 0 aromatic heterocycles. The molecule has 100 valence electrons. The SMILES string of the molecule is CCc1cc(OCC2(O)CCCCC2)ccc1Cl. The lowest BCUT2D eigenvalue weighted by atomic mass is 9.85. The van der Waals surface area contributed by atoms with E-state index in [4.69, 9.17) is 16.3 Å². The number of aliphatic hydroxyl groups is 1. The predicted molar refractivity (Wildman–Crippen MR) is 74.4 cm³/mol. The van der Waals surface area contributed by atoms with Crippen molar-refractivity contribution in [3.05, 3.63) is 28.8 Å². The van der Waals surface area contributed by atoms with E-state index in [1.807, 2.05) is 18.2 Å². The Morgan fingerprint density at radius 1 is 1.28 bits per heavy atom. The second kappa shape index (κ2) is 5.94. The smallest absolute Gasteiger partial charge is 0.119 e. The van der Waals surface area contributed by atoms with Crippen LogP contribution >= 0.6 is 11.6 Å². The summed E-state index contributed by atoms with van der Waals surface area (Å²) in [6.07, 6.45) is 6.01. The Morgan fingerprint density at radius 3 is 2.67 bits per heavy atom. The molecular weight excluding hydrogens is 248 g/mol. The van der Waals surface area contributed by atoms with Crippen LogP contribution < -0.4 is 4.74 Å². The summed E-state index contributed by atoms with van der Waals surface area (Å²) in [5, 5.41) is 11.1. The Balaban J connectivity index is 1.97. The quantitative estimate of drug-likeness (QED) is 0.895. The van der Waals surface area contributed by atoms with Crippen molar-refractivity contribution in [2.75, 3.05) is 6.61 Å². The lowest BCUT2D eigenvalue weighted by Crippen LogP contribution is -2.37. The largest absolute Gasteiger partial charge is 0.491 e. The van der Waals surface area contributed by atoms with Crippen molar-refractivity contribution in [1.29, 1.82) is 0 Å². The molecule has 0 atom stereocenters. The normalized spacial score (nSPS) is 18.6. The molecule has 1 N–H and O–H groups in total. The van der Waals surface area contributed by atoms with E-state index in [1.54, 1.807) is 0 Å². The highest BCUT2D eigenvalue weighted by molar-refractivity contribution is 6.31. The molecular formula is C15H21ClO2. The molecule has 1 aromatic rings. The number of rotatable bonds is 4. The Labute approximate surface area is 114 Å². The third-order valence-electron chi connectivity index (χ3n) is 3.69. The summed E-state index contributed by atoms with van der Waals surface area (Å²) in [5.41, 5.74) is 0.453. The number of hydrogen-bond acceptors (Lipinski definition) is 2. The van der Waals surface area contributed by atoms with Gasteiger partial charge in [-0.2, -0.15) is 0 Å². The summed E-state index contributed by atoms with van der Waals surface area (Å²) in [7, 11) is 0. The van der Waals surface area contributed by atoms with Gasteiger partial charge in [0.25, 0.3) is 0 Å². The van der Waals surface area contributed by atoms with E-state index < -0.39 is 5.60 Å². The standard InChI is InChI=1S/C15H21ClO2/c1-2-12-10-13(6-7-14(12)16)18-11-15(17)8-4-3-5-9-15/h6-7,10,17H,2-5,8-9,11H2,1H3. The first-order valence-corrected chi connectivity index (χ1v) is 7.14. The van der Waals surface area contributed by atoms with Crippen molar-refractivity contribution < 1.29 is 9.84 Å². The van der Waals surface area contributed by atoms with E-state index in [9.17, 15) is 5.11 Å². The first-order valence-electron chi connectivity index (χ1n) is 6.76. The Morgan fingerprint density at radius 2 is 2.00 bits per heavy atom. The predicted octanol–water partition coefficient (Wildman–Crippen LogP) is 3.98. The van der Waals surface area contributed by atoms with Crippen LogP contribution in [0.4, 0.5) is 0 Å². The van der Waals surface area contributed by atoms with E-state index in [-0.39, 0.29) is 0 Å². The van der Waals surface area contributed by atoms with Crippen LogP contribution in [0.2, 0.25) is 5.02 Å². The minimum absolute atomic E-state index is 0.387. The molecule has 1 saturated carbocycles. The van der Waals surface area contributed by atoms with Gasteiger partial charge in [-0.15, -0.1) is 0 Å². The maximum Gasteiger partial charge on any atom is 0.119 e. The number of halogens is 1. The van der Waals surface area contributed by atoms with Crippen molar-refractivity contribution in [2.45, 2.75) is 51.0 Å². The van der Waals surface area contributed by atoms with Gasteiger partial charge in [0.05, 0.1) is 5.60 Å². The third-order valence-corrected chi connectivity index (χ3v) is 4.06. The zero-order chi connectivity index (χ0) is 13.0. The number of aryl methyl sites for hydroxylation is 1. The Kier molecular flexibility index (Phi) is 4.52. The molecule has 1 aliphatic carbocycles. The second-order valence-corrected chi connectivity index (χ2v) is 5.59. The van der Waals surface area contributed by atoms with Crippen molar-refractivity contribution in [3.8, 4) is 5.75 Å². The molecule has 0 heterocycles. The highest BCUT2D eigenvalue weighted by atomic mass is 35.5. The maximum absolute atomic E-state index is 10.4. The van der Waals surface area contributed by atoms with Gasteiger partial charge in [0.2, 0.25) is 0 Å². The molecule has 0 radical (unpaired) electrons. The van der Waals surface area contributed by atoms with Gasteiger partial charge in [-0.1, -0.05) is 37.8 Å². The van der Waals surface area contributed by atoms with Crippen molar-refractivity contribution in [3.63, 3.8) is 0 Å². The lowest BCUT2D eigenvalue weighted by Gasteiger charge is -2.31. The minimum Gasteiger partial charge on any atom is -0.491 e. The zero-order valence-electron chi connectivity index (χ0n) is 10.9. The van der Waals surface area contributed by atoms with Gasteiger partial charge in [0.15, 0.2) is 0 Å². The highest BCUT2D eigenvalue weighted by Crippen LogP contribution is 2.29. The van der Waals surface area contributed by atoms with E-state index in [1.165, 1.54) is 6.42 Å². The van der Waals surface area contributed by atoms with E-state index in [2.05, 4.69) is 6.92 Å². The fraction of sp³-hybridized carbons (Fsp3) is 0.600. The van der Waals surface area contributed by atoms with Crippen LogP contribution in [0.25, 0.3) is 0 Å².